The van der Waals surface area contributed by atoms with Gasteiger partial charge in [0.2, 0.25) is 5.76 Å². The standard InChI is InChI=1S/C23H23BrN2O9/c1-4-32-18-10-13(8-15(24)20(18)34-12-19(27)33-5-2)9-16-21(28)26(23(30)25-16)11-14-6-7-17(35-14)22(29)31-3/h6-10H,4-5,11-12H2,1-3H3,(H,25,30)/b16-9-. The van der Waals surface area contributed by atoms with Crippen LogP contribution >= 0.6 is 15.9 Å². The number of amides is 3. The molecule has 0 aliphatic carbocycles. The maximum absolute atomic E-state index is 12.8. The Morgan fingerprint density at radius 1 is 1.14 bits per heavy atom. The molecule has 1 aliphatic heterocycles. The van der Waals surface area contributed by atoms with E-state index in [2.05, 4.69) is 26.0 Å². The van der Waals surface area contributed by atoms with Crippen LogP contribution in [-0.2, 0) is 25.6 Å². The maximum atomic E-state index is 12.8. The molecule has 12 heteroatoms. The lowest BCUT2D eigenvalue weighted by Gasteiger charge is -2.14. The van der Waals surface area contributed by atoms with Crippen molar-refractivity contribution in [1.29, 1.82) is 0 Å². The molecule has 1 fully saturated rings. The van der Waals surface area contributed by atoms with Crippen LogP contribution in [0, 0.1) is 0 Å². The molecule has 2 heterocycles. The van der Waals surface area contributed by atoms with Gasteiger partial charge in [-0.05, 0) is 65.7 Å². The second-order valence-electron chi connectivity index (χ2n) is 6.99. The average molecular weight is 551 g/mol. The number of carbonyl (C=O) groups excluding carboxylic acids is 4. The van der Waals surface area contributed by atoms with Crippen molar-refractivity contribution < 1.29 is 42.5 Å². The van der Waals surface area contributed by atoms with E-state index in [0.29, 0.717) is 28.1 Å². The third kappa shape index (κ3) is 6.21. The number of rotatable bonds is 10. The zero-order chi connectivity index (χ0) is 25.5. The summed E-state index contributed by atoms with van der Waals surface area (Å²) in [4.78, 5) is 49.4. The van der Waals surface area contributed by atoms with E-state index < -0.39 is 23.9 Å². The van der Waals surface area contributed by atoms with Crippen molar-refractivity contribution >= 4 is 45.9 Å². The summed E-state index contributed by atoms with van der Waals surface area (Å²) in [5, 5.41) is 2.52. The first-order valence-electron chi connectivity index (χ1n) is 10.5. The lowest BCUT2D eigenvalue weighted by atomic mass is 10.1. The van der Waals surface area contributed by atoms with Gasteiger partial charge in [-0.25, -0.2) is 14.4 Å². The Morgan fingerprint density at radius 2 is 1.91 bits per heavy atom. The molecule has 3 amide bonds. The number of carbonyl (C=O) groups is 4. The summed E-state index contributed by atoms with van der Waals surface area (Å²) >= 11 is 3.39. The lowest BCUT2D eigenvalue weighted by molar-refractivity contribution is -0.145. The summed E-state index contributed by atoms with van der Waals surface area (Å²) < 4.78 is 26.4. The van der Waals surface area contributed by atoms with E-state index in [1.54, 1.807) is 26.0 Å². The molecule has 186 valence electrons. The molecule has 3 rings (SSSR count). The number of urea groups is 1. The van der Waals surface area contributed by atoms with Gasteiger partial charge >= 0.3 is 18.0 Å². The number of ether oxygens (including phenoxy) is 4. The molecule has 1 aromatic heterocycles. The van der Waals surface area contributed by atoms with Crippen LogP contribution in [0.1, 0.15) is 35.7 Å². The van der Waals surface area contributed by atoms with E-state index in [4.69, 9.17) is 18.6 Å². The minimum Gasteiger partial charge on any atom is -0.490 e. The molecule has 0 atom stereocenters. The predicted octanol–water partition coefficient (Wildman–Crippen LogP) is 3.26. The smallest absolute Gasteiger partial charge is 0.373 e. The number of furan rings is 1. The Balaban J connectivity index is 1.79. The Morgan fingerprint density at radius 3 is 2.60 bits per heavy atom. The van der Waals surface area contributed by atoms with Gasteiger partial charge in [-0.3, -0.25) is 9.69 Å². The monoisotopic (exact) mass is 550 g/mol. The van der Waals surface area contributed by atoms with Crippen molar-refractivity contribution in [2.45, 2.75) is 20.4 Å². The number of halogens is 1. The van der Waals surface area contributed by atoms with Crippen molar-refractivity contribution in [2.24, 2.45) is 0 Å². The fourth-order valence-electron chi connectivity index (χ4n) is 3.12. The molecule has 0 saturated carbocycles. The quantitative estimate of drug-likeness (QED) is 0.268. The van der Waals surface area contributed by atoms with E-state index in [9.17, 15) is 19.2 Å². The molecule has 1 N–H and O–H groups in total. The third-order valence-corrected chi connectivity index (χ3v) is 5.20. The summed E-state index contributed by atoms with van der Waals surface area (Å²) in [6.07, 6.45) is 1.48. The van der Waals surface area contributed by atoms with Crippen molar-refractivity contribution in [3.05, 3.63) is 51.5 Å². The van der Waals surface area contributed by atoms with Gasteiger partial charge < -0.3 is 28.7 Å². The van der Waals surface area contributed by atoms with Crippen molar-refractivity contribution in [1.82, 2.24) is 10.2 Å². The highest BCUT2D eigenvalue weighted by Gasteiger charge is 2.34. The number of nitrogens with one attached hydrogen (secondary N) is 1. The van der Waals surface area contributed by atoms with E-state index in [1.165, 1.54) is 25.3 Å². The van der Waals surface area contributed by atoms with E-state index >= 15 is 0 Å². The first kappa shape index (κ1) is 25.8. The van der Waals surface area contributed by atoms with Crippen LogP contribution in [0.4, 0.5) is 4.79 Å². The van der Waals surface area contributed by atoms with Gasteiger partial charge in [-0.1, -0.05) is 0 Å². The molecule has 11 nitrogen and oxygen atoms in total. The predicted molar refractivity (Wildman–Crippen MR) is 125 cm³/mol. The highest BCUT2D eigenvalue weighted by atomic mass is 79.9. The molecule has 1 aliphatic rings. The Hall–Kier alpha value is -3.80. The normalized spacial score (nSPS) is 14.2. The molecule has 0 radical (unpaired) electrons. The largest absolute Gasteiger partial charge is 0.490 e. The molecule has 0 spiro atoms. The highest BCUT2D eigenvalue weighted by molar-refractivity contribution is 9.10. The van der Waals surface area contributed by atoms with Gasteiger partial charge in [0.25, 0.3) is 5.91 Å². The second kappa shape index (κ2) is 11.6. The van der Waals surface area contributed by atoms with Crippen molar-refractivity contribution in [2.75, 3.05) is 26.9 Å². The number of hydrogen-bond donors (Lipinski definition) is 1. The third-order valence-electron chi connectivity index (χ3n) is 4.61. The first-order valence-corrected chi connectivity index (χ1v) is 11.3. The van der Waals surface area contributed by atoms with E-state index in [0.717, 1.165) is 4.90 Å². The number of hydrogen-bond acceptors (Lipinski definition) is 9. The van der Waals surface area contributed by atoms with Gasteiger partial charge in [0.05, 0.1) is 31.3 Å². The fourth-order valence-corrected chi connectivity index (χ4v) is 3.69. The van der Waals surface area contributed by atoms with Crippen LogP contribution in [0.15, 0.2) is 38.9 Å². The second-order valence-corrected chi connectivity index (χ2v) is 7.85. The minimum atomic E-state index is -0.667. The topological polar surface area (TPSA) is 134 Å². The summed E-state index contributed by atoms with van der Waals surface area (Å²) in [6.45, 7) is 3.56. The van der Waals surface area contributed by atoms with Crippen LogP contribution in [0.3, 0.4) is 0 Å². The highest BCUT2D eigenvalue weighted by Crippen LogP contribution is 2.37. The van der Waals surface area contributed by atoms with Crippen LogP contribution in [0.5, 0.6) is 11.5 Å². The zero-order valence-corrected chi connectivity index (χ0v) is 20.8. The Labute approximate surface area is 209 Å². The number of imide groups is 1. The lowest BCUT2D eigenvalue weighted by Crippen LogP contribution is -2.30. The molecular weight excluding hydrogens is 528 g/mol. The number of nitrogens with zero attached hydrogens (tertiary/aromatic N) is 1. The summed E-state index contributed by atoms with van der Waals surface area (Å²) in [5.74, 6) is -0.949. The van der Waals surface area contributed by atoms with Crippen molar-refractivity contribution in [3.8, 4) is 11.5 Å². The van der Waals surface area contributed by atoms with Crippen LogP contribution in [-0.4, -0.2) is 55.7 Å². The summed E-state index contributed by atoms with van der Waals surface area (Å²) in [6, 6.07) is 5.49. The maximum Gasteiger partial charge on any atom is 0.373 e. The van der Waals surface area contributed by atoms with Gasteiger partial charge in [0, 0.05) is 0 Å². The number of methoxy groups -OCH3 is 1. The molecule has 0 unspecified atom stereocenters. The molecule has 35 heavy (non-hydrogen) atoms. The van der Waals surface area contributed by atoms with Gasteiger partial charge in [0.1, 0.15) is 11.5 Å². The van der Waals surface area contributed by atoms with Crippen LogP contribution in [0.2, 0.25) is 0 Å². The molecular formula is C23H23BrN2O9. The molecule has 0 bridgehead atoms. The van der Waals surface area contributed by atoms with Crippen LogP contribution in [0.25, 0.3) is 6.08 Å². The summed E-state index contributed by atoms with van der Waals surface area (Å²) in [7, 11) is 1.22. The Bertz CT molecular complexity index is 1170. The average Bonchev–Trinajstić information content (AvgIpc) is 3.39. The molecule has 2 aromatic rings. The van der Waals surface area contributed by atoms with E-state index in [-0.39, 0.29) is 37.0 Å². The Kier molecular flexibility index (Phi) is 8.53. The molecule has 1 saturated heterocycles. The summed E-state index contributed by atoms with van der Waals surface area (Å²) in [5.41, 5.74) is 0.560. The van der Waals surface area contributed by atoms with E-state index in [1.807, 2.05) is 0 Å². The SMILES string of the molecule is CCOC(=O)COc1c(Br)cc(/C=C2\NC(=O)N(Cc3ccc(C(=O)OC)o3)C2=O)cc1OCC. The number of benzene rings is 1. The van der Waals surface area contributed by atoms with Gasteiger partial charge in [-0.15, -0.1) is 0 Å². The number of esters is 2. The van der Waals surface area contributed by atoms with Gasteiger partial charge in [0.15, 0.2) is 18.1 Å². The zero-order valence-electron chi connectivity index (χ0n) is 19.2. The molecule has 1 aromatic carbocycles. The minimum absolute atomic E-state index is 0.0317. The van der Waals surface area contributed by atoms with Crippen molar-refractivity contribution in [3.63, 3.8) is 0 Å². The fraction of sp³-hybridized carbons (Fsp3) is 0.304. The first-order chi connectivity index (χ1) is 16.8. The van der Waals surface area contributed by atoms with Gasteiger partial charge in [-0.2, -0.15) is 0 Å². The van der Waals surface area contributed by atoms with Crippen LogP contribution < -0.4 is 14.8 Å².